The van der Waals surface area contributed by atoms with Crippen molar-refractivity contribution in [2.75, 3.05) is 18.8 Å². The molecule has 1 saturated heterocycles. The van der Waals surface area contributed by atoms with E-state index in [9.17, 15) is 4.79 Å². The highest BCUT2D eigenvalue weighted by molar-refractivity contribution is 6.05. The van der Waals surface area contributed by atoms with Crippen LogP contribution in [-0.2, 0) is 0 Å². The van der Waals surface area contributed by atoms with Crippen molar-refractivity contribution in [1.29, 1.82) is 0 Å². The van der Waals surface area contributed by atoms with Gasteiger partial charge < -0.3 is 15.8 Å². The van der Waals surface area contributed by atoms with Crippen LogP contribution in [0.5, 0.6) is 11.6 Å². The number of pyridine rings is 1. The first-order valence-corrected chi connectivity index (χ1v) is 11.0. The summed E-state index contributed by atoms with van der Waals surface area (Å²) in [5, 5.41) is 8.17. The van der Waals surface area contributed by atoms with Crippen molar-refractivity contribution in [3.05, 3.63) is 54.2 Å². The maximum absolute atomic E-state index is 13.0. The Morgan fingerprint density at radius 3 is 2.65 bits per heavy atom. The number of hydrogen-bond donors (Lipinski definition) is 2. The SMILES string of the molecule is CCCCC(=O)c1c(-c2ccc(Oc3ccccc3)nc2)nn(C2CCNCC2)c1N. The van der Waals surface area contributed by atoms with E-state index in [1.165, 1.54) is 0 Å². The van der Waals surface area contributed by atoms with Crippen LogP contribution in [0, 0.1) is 0 Å². The van der Waals surface area contributed by atoms with Crippen molar-refractivity contribution < 1.29 is 9.53 Å². The molecule has 0 bridgehead atoms. The number of nitrogen functional groups attached to an aromatic ring is 1. The number of anilines is 1. The first kappa shape index (κ1) is 21.1. The number of ether oxygens (including phenoxy) is 1. The van der Waals surface area contributed by atoms with E-state index < -0.39 is 0 Å². The summed E-state index contributed by atoms with van der Waals surface area (Å²) in [5.41, 5.74) is 8.38. The Bertz CT molecular complexity index is 1010. The monoisotopic (exact) mass is 419 g/mol. The lowest BCUT2D eigenvalue weighted by Gasteiger charge is -2.23. The van der Waals surface area contributed by atoms with Crippen molar-refractivity contribution in [2.24, 2.45) is 0 Å². The van der Waals surface area contributed by atoms with Crippen LogP contribution in [0.2, 0.25) is 0 Å². The van der Waals surface area contributed by atoms with Gasteiger partial charge in [0.25, 0.3) is 0 Å². The van der Waals surface area contributed by atoms with Gasteiger partial charge in [-0.1, -0.05) is 31.5 Å². The number of rotatable bonds is 8. The van der Waals surface area contributed by atoms with Crippen molar-refractivity contribution in [3.8, 4) is 22.9 Å². The van der Waals surface area contributed by atoms with E-state index in [2.05, 4.69) is 17.2 Å². The van der Waals surface area contributed by atoms with Crippen molar-refractivity contribution >= 4 is 11.6 Å². The zero-order valence-corrected chi connectivity index (χ0v) is 17.9. The molecule has 0 radical (unpaired) electrons. The van der Waals surface area contributed by atoms with E-state index in [1.54, 1.807) is 12.3 Å². The molecule has 0 atom stereocenters. The molecule has 7 nitrogen and oxygen atoms in total. The highest BCUT2D eigenvalue weighted by Crippen LogP contribution is 2.33. The molecule has 0 unspecified atom stereocenters. The Labute approximate surface area is 182 Å². The summed E-state index contributed by atoms with van der Waals surface area (Å²) in [6.45, 7) is 3.92. The minimum Gasteiger partial charge on any atom is -0.439 e. The van der Waals surface area contributed by atoms with E-state index in [4.69, 9.17) is 15.6 Å². The van der Waals surface area contributed by atoms with Crippen LogP contribution < -0.4 is 15.8 Å². The fourth-order valence-electron chi connectivity index (χ4n) is 3.91. The van der Waals surface area contributed by atoms with Crippen LogP contribution in [0.4, 0.5) is 5.82 Å². The number of piperidine rings is 1. The van der Waals surface area contributed by atoms with Gasteiger partial charge >= 0.3 is 0 Å². The van der Waals surface area contributed by atoms with Crippen molar-refractivity contribution in [2.45, 2.75) is 45.1 Å². The standard InChI is InChI=1S/C24H29N5O2/c1-2-3-9-20(30)22-23(28-29(24(22)25)18-12-14-26-15-13-18)17-10-11-21(27-16-17)31-19-7-5-4-6-8-19/h4-8,10-11,16,18,26H,2-3,9,12-15,25H2,1H3. The molecular weight excluding hydrogens is 390 g/mol. The van der Waals surface area contributed by atoms with Gasteiger partial charge in [0.15, 0.2) is 5.78 Å². The van der Waals surface area contributed by atoms with Crippen LogP contribution in [0.3, 0.4) is 0 Å². The molecule has 7 heteroatoms. The Kier molecular flexibility index (Phi) is 6.62. The summed E-state index contributed by atoms with van der Waals surface area (Å²) in [4.78, 5) is 17.5. The van der Waals surface area contributed by atoms with E-state index in [0.29, 0.717) is 29.4 Å². The third-order valence-corrected chi connectivity index (χ3v) is 5.61. The normalized spacial score (nSPS) is 14.5. The molecule has 4 rings (SSSR count). The van der Waals surface area contributed by atoms with Gasteiger partial charge in [0, 0.05) is 24.2 Å². The minimum atomic E-state index is 0.0409. The Morgan fingerprint density at radius 1 is 1.19 bits per heavy atom. The number of carbonyl (C=O) groups is 1. The topological polar surface area (TPSA) is 95.1 Å². The Hall–Kier alpha value is -3.19. The highest BCUT2D eigenvalue weighted by atomic mass is 16.5. The molecule has 31 heavy (non-hydrogen) atoms. The van der Waals surface area contributed by atoms with Crippen LogP contribution in [0.25, 0.3) is 11.3 Å². The molecule has 1 aromatic carbocycles. The molecule has 3 aromatic rings. The summed E-state index contributed by atoms with van der Waals surface area (Å²) in [6.07, 6.45) is 5.83. The van der Waals surface area contributed by atoms with Gasteiger partial charge in [0.1, 0.15) is 17.3 Å². The Balaban J connectivity index is 1.66. The molecule has 1 aliphatic rings. The lowest BCUT2D eigenvalue weighted by atomic mass is 10.0. The van der Waals surface area contributed by atoms with Gasteiger partial charge in [-0.2, -0.15) is 5.10 Å². The zero-order chi connectivity index (χ0) is 21.6. The molecule has 1 aliphatic heterocycles. The number of aromatic nitrogens is 3. The summed E-state index contributed by atoms with van der Waals surface area (Å²) < 4.78 is 7.64. The predicted molar refractivity (Wildman–Crippen MR) is 121 cm³/mol. The third kappa shape index (κ3) is 4.77. The average molecular weight is 420 g/mol. The van der Waals surface area contributed by atoms with Crippen molar-refractivity contribution in [3.63, 3.8) is 0 Å². The van der Waals surface area contributed by atoms with Crippen LogP contribution >= 0.6 is 0 Å². The quantitative estimate of drug-likeness (QED) is 0.518. The molecule has 3 heterocycles. The first-order valence-electron chi connectivity index (χ1n) is 11.0. The molecule has 0 saturated carbocycles. The number of nitrogens with zero attached hydrogens (tertiary/aromatic N) is 3. The maximum Gasteiger partial charge on any atom is 0.219 e. The highest BCUT2D eigenvalue weighted by Gasteiger charge is 2.27. The number of unbranched alkanes of at least 4 members (excludes halogenated alkanes) is 1. The lowest BCUT2D eigenvalue weighted by molar-refractivity contribution is 0.0981. The third-order valence-electron chi connectivity index (χ3n) is 5.61. The predicted octanol–water partition coefficient (Wildman–Crippen LogP) is 4.62. The summed E-state index contributed by atoms with van der Waals surface area (Å²) in [6, 6.07) is 13.4. The number of benzene rings is 1. The average Bonchev–Trinajstić information content (AvgIpc) is 3.16. The van der Waals surface area contributed by atoms with Gasteiger partial charge in [-0.25, -0.2) is 9.67 Å². The summed E-state index contributed by atoms with van der Waals surface area (Å²) >= 11 is 0. The molecule has 0 amide bonds. The number of nitrogens with one attached hydrogen (secondary N) is 1. The van der Waals surface area contributed by atoms with Gasteiger partial charge in [-0.3, -0.25) is 4.79 Å². The number of carbonyl (C=O) groups excluding carboxylic acids is 1. The fraction of sp³-hybridized carbons (Fsp3) is 0.375. The van der Waals surface area contributed by atoms with Gasteiger partial charge in [0.2, 0.25) is 5.88 Å². The molecular formula is C24H29N5O2. The molecule has 2 aromatic heterocycles. The summed E-state index contributed by atoms with van der Waals surface area (Å²) in [5.74, 6) is 1.71. The van der Waals surface area contributed by atoms with E-state index in [0.717, 1.165) is 50.1 Å². The smallest absolute Gasteiger partial charge is 0.219 e. The Morgan fingerprint density at radius 2 is 1.97 bits per heavy atom. The number of Topliss-reactive ketones (excluding diaryl/α,β-unsaturated/α-hetero) is 1. The molecule has 1 fully saturated rings. The number of hydrogen-bond acceptors (Lipinski definition) is 6. The fourth-order valence-corrected chi connectivity index (χ4v) is 3.91. The van der Waals surface area contributed by atoms with Crippen molar-refractivity contribution in [1.82, 2.24) is 20.1 Å². The number of nitrogens with two attached hydrogens (primary N) is 1. The molecule has 162 valence electrons. The first-order chi connectivity index (χ1) is 15.2. The van der Waals surface area contributed by atoms with E-state index >= 15 is 0 Å². The van der Waals surface area contributed by atoms with Gasteiger partial charge in [0.05, 0.1) is 11.6 Å². The maximum atomic E-state index is 13.0. The van der Waals surface area contributed by atoms with Crippen LogP contribution in [0.1, 0.15) is 55.4 Å². The van der Waals surface area contributed by atoms with E-state index in [-0.39, 0.29) is 11.8 Å². The number of ketones is 1. The minimum absolute atomic E-state index is 0.0409. The van der Waals surface area contributed by atoms with Crippen LogP contribution in [-0.4, -0.2) is 33.6 Å². The summed E-state index contributed by atoms with van der Waals surface area (Å²) in [7, 11) is 0. The van der Waals surface area contributed by atoms with Gasteiger partial charge in [-0.05, 0) is 50.6 Å². The largest absolute Gasteiger partial charge is 0.439 e. The lowest BCUT2D eigenvalue weighted by Crippen LogP contribution is -2.30. The van der Waals surface area contributed by atoms with Crippen LogP contribution in [0.15, 0.2) is 48.7 Å². The second-order valence-corrected chi connectivity index (χ2v) is 7.86. The van der Waals surface area contributed by atoms with E-state index in [1.807, 2.05) is 41.1 Å². The molecule has 0 aliphatic carbocycles. The molecule has 0 spiro atoms. The zero-order valence-electron chi connectivity index (χ0n) is 17.9. The number of para-hydroxylation sites is 1. The van der Waals surface area contributed by atoms with Gasteiger partial charge in [-0.15, -0.1) is 0 Å². The second-order valence-electron chi connectivity index (χ2n) is 7.86. The molecule has 3 N–H and O–H groups in total. The second kappa shape index (κ2) is 9.75.